The Morgan fingerprint density at radius 1 is 0.473 bits per heavy atom. The van der Waals surface area contributed by atoms with Crippen LogP contribution in [-0.4, -0.2) is 9.13 Å². The molecule has 0 radical (unpaired) electrons. The first-order chi connectivity index (χ1) is 27.1. The minimum absolute atomic E-state index is 0.215. The molecule has 0 fully saturated rings. The summed E-state index contributed by atoms with van der Waals surface area (Å²) in [5.74, 6) is -0.516. The zero-order valence-corrected chi connectivity index (χ0v) is 29.4. The number of fused-ring (bicyclic) bond motifs is 6. The Kier molecular flexibility index (Phi) is 7.40. The number of rotatable bonds is 5. The Morgan fingerprint density at radius 2 is 0.945 bits per heavy atom. The van der Waals surface area contributed by atoms with Crippen molar-refractivity contribution in [2.75, 3.05) is 0 Å². The van der Waals surface area contributed by atoms with Crippen molar-refractivity contribution >= 4 is 49.3 Å². The number of nitriles is 1. The highest BCUT2D eigenvalue weighted by atomic mass is 19.1. The molecule has 0 spiro atoms. The molecule has 0 aliphatic heterocycles. The van der Waals surface area contributed by atoms with E-state index in [4.69, 9.17) is 6.57 Å². The second-order valence-corrected chi connectivity index (χ2v) is 13.7. The molecule has 4 nitrogen and oxygen atoms in total. The fourth-order valence-corrected chi connectivity index (χ4v) is 8.16. The Hall–Kier alpha value is -7.73. The average Bonchev–Trinajstić information content (AvgIpc) is 3.76. The topological polar surface area (TPSA) is 38.0 Å². The van der Waals surface area contributed by atoms with Crippen molar-refractivity contribution in [3.63, 3.8) is 0 Å². The van der Waals surface area contributed by atoms with Crippen LogP contribution in [0.1, 0.15) is 5.56 Å². The summed E-state index contributed by atoms with van der Waals surface area (Å²) in [6, 6.07) is 60.7. The standard InChI is InChI=1S/C50H29FN4/c1-53-37-22-25-42(43(51)30-37)50-48(54-44-18-10-8-16-38(44)40-23-20-35(28-46(40)54)33-12-4-2-5-13-33)26-32(31-52)27-49(50)55-45-19-11-9-17-39(45)41-24-21-36(29-47(41)55)34-14-6-3-7-15-34/h2-30H. The highest BCUT2D eigenvalue weighted by molar-refractivity contribution is 6.13. The lowest BCUT2D eigenvalue weighted by molar-refractivity contribution is 0.632. The molecule has 55 heavy (non-hydrogen) atoms. The summed E-state index contributed by atoms with van der Waals surface area (Å²) < 4.78 is 21.1. The fraction of sp³-hybridized carbons (Fsp3) is 0. The normalized spacial score (nSPS) is 11.3. The predicted octanol–water partition coefficient (Wildman–Crippen LogP) is 13.4. The summed E-state index contributed by atoms with van der Waals surface area (Å²) in [7, 11) is 0. The maximum atomic E-state index is 16.7. The van der Waals surface area contributed by atoms with Gasteiger partial charge in [-0.15, -0.1) is 0 Å². The van der Waals surface area contributed by atoms with Gasteiger partial charge in [-0.2, -0.15) is 5.26 Å². The first kappa shape index (κ1) is 32.0. The molecule has 0 saturated heterocycles. The second-order valence-electron chi connectivity index (χ2n) is 13.7. The van der Waals surface area contributed by atoms with E-state index in [2.05, 4.69) is 105 Å². The van der Waals surface area contributed by atoms with Gasteiger partial charge in [0.1, 0.15) is 5.82 Å². The molecular weight excluding hydrogens is 676 g/mol. The summed E-state index contributed by atoms with van der Waals surface area (Å²) in [5, 5.41) is 14.9. The van der Waals surface area contributed by atoms with E-state index in [0.717, 1.165) is 65.9 Å². The van der Waals surface area contributed by atoms with Crippen molar-refractivity contribution in [2.45, 2.75) is 0 Å². The van der Waals surface area contributed by atoms with Gasteiger partial charge in [0.2, 0.25) is 0 Å². The van der Waals surface area contributed by atoms with E-state index in [1.54, 1.807) is 12.1 Å². The van der Waals surface area contributed by atoms with Crippen LogP contribution in [0.4, 0.5) is 10.1 Å². The predicted molar refractivity (Wildman–Crippen MR) is 222 cm³/mol. The number of aromatic nitrogens is 2. The van der Waals surface area contributed by atoms with Crippen LogP contribution in [0.3, 0.4) is 0 Å². The highest BCUT2D eigenvalue weighted by Crippen LogP contribution is 2.45. The van der Waals surface area contributed by atoms with Crippen molar-refractivity contribution in [3.8, 4) is 50.8 Å². The van der Waals surface area contributed by atoms with Crippen molar-refractivity contribution in [1.29, 1.82) is 5.26 Å². The molecule has 2 aromatic heterocycles. The molecule has 0 aliphatic rings. The van der Waals surface area contributed by atoms with Crippen LogP contribution < -0.4 is 0 Å². The lowest BCUT2D eigenvalue weighted by atomic mass is 9.97. The summed E-state index contributed by atoms with van der Waals surface area (Å²) in [6.07, 6.45) is 0. The minimum Gasteiger partial charge on any atom is -0.308 e. The van der Waals surface area contributed by atoms with Crippen molar-refractivity contribution < 1.29 is 4.39 Å². The van der Waals surface area contributed by atoms with Gasteiger partial charge in [0.05, 0.1) is 51.6 Å². The van der Waals surface area contributed by atoms with Crippen LogP contribution in [-0.2, 0) is 0 Å². The molecule has 5 heteroatoms. The number of nitrogens with zero attached hydrogens (tertiary/aromatic N) is 4. The molecular formula is C50H29FN4. The van der Waals surface area contributed by atoms with Crippen molar-refractivity contribution in [2.24, 2.45) is 0 Å². The third kappa shape index (κ3) is 5.11. The Bertz CT molecular complexity index is 3050. The molecule has 0 amide bonds. The molecule has 0 unspecified atom stereocenters. The lowest BCUT2D eigenvalue weighted by Gasteiger charge is -2.21. The highest BCUT2D eigenvalue weighted by Gasteiger charge is 2.25. The van der Waals surface area contributed by atoms with Crippen LogP contribution in [0.5, 0.6) is 0 Å². The number of benzene rings is 8. The van der Waals surface area contributed by atoms with Gasteiger partial charge in [-0.05, 0) is 64.7 Å². The lowest BCUT2D eigenvalue weighted by Crippen LogP contribution is -2.06. The van der Waals surface area contributed by atoms with Gasteiger partial charge in [0.15, 0.2) is 5.69 Å². The van der Waals surface area contributed by atoms with Crippen LogP contribution in [0, 0.1) is 23.7 Å². The van der Waals surface area contributed by atoms with E-state index in [0.29, 0.717) is 28.1 Å². The van der Waals surface area contributed by atoms with E-state index in [-0.39, 0.29) is 5.69 Å². The molecule has 8 aromatic carbocycles. The van der Waals surface area contributed by atoms with Crippen LogP contribution in [0.15, 0.2) is 176 Å². The zero-order chi connectivity index (χ0) is 37.0. The summed E-state index contributed by atoms with van der Waals surface area (Å²) in [5.41, 5.74) is 10.8. The minimum atomic E-state index is -0.516. The first-order valence-corrected chi connectivity index (χ1v) is 18.0. The fourth-order valence-electron chi connectivity index (χ4n) is 8.16. The van der Waals surface area contributed by atoms with E-state index in [1.807, 2.05) is 72.8 Å². The second kappa shape index (κ2) is 12.7. The van der Waals surface area contributed by atoms with Gasteiger partial charge in [-0.1, -0.05) is 133 Å². The van der Waals surface area contributed by atoms with Gasteiger partial charge in [-0.25, -0.2) is 9.24 Å². The van der Waals surface area contributed by atoms with Crippen molar-refractivity contribution in [3.05, 3.63) is 199 Å². The molecule has 2 heterocycles. The molecule has 0 aliphatic carbocycles. The molecule has 10 rings (SSSR count). The molecule has 0 N–H and O–H groups in total. The third-order valence-electron chi connectivity index (χ3n) is 10.6. The molecule has 0 bridgehead atoms. The monoisotopic (exact) mass is 704 g/mol. The number of hydrogen-bond donors (Lipinski definition) is 0. The Balaban J connectivity index is 1.39. The number of hydrogen-bond acceptors (Lipinski definition) is 1. The summed E-state index contributed by atoms with van der Waals surface area (Å²) in [4.78, 5) is 3.54. The SMILES string of the molecule is [C-]#[N+]c1ccc(-c2c(-n3c4ccccc4c4ccc(-c5ccccc5)cc43)cc(C#N)cc2-n2c3ccccc3c3ccc(-c4ccccc4)cc32)c(F)c1. The van der Waals surface area contributed by atoms with E-state index >= 15 is 4.39 Å². The molecule has 256 valence electrons. The van der Waals surface area contributed by atoms with E-state index < -0.39 is 5.82 Å². The number of para-hydroxylation sites is 2. The summed E-state index contributed by atoms with van der Waals surface area (Å²) in [6.45, 7) is 7.64. The molecule has 0 atom stereocenters. The summed E-state index contributed by atoms with van der Waals surface area (Å²) >= 11 is 0. The van der Waals surface area contributed by atoms with E-state index in [9.17, 15) is 5.26 Å². The molecule has 10 aromatic rings. The Morgan fingerprint density at radius 3 is 1.42 bits per heavy atom. The van der Waals surface area contributed by atoms with Crippen molar-refractivity contribution in [1.82, 2.24) is 9.13 Å². The maximum Gasteiger partial charge on any atom is 0.190 e. The van der Waals surface area contributed by atoms with E-state index in [1.165, 1.54) is 6.07 Å². The first-order valence-electron chi connectivity index (χ1n) is 18.0. The van der Waals surface area contributed by atoms with Gasteiger partial charge < -0.3 is 9.13 Å². The van der Waals surface area contributed by atoms with Crippen LogP contribution in [0.2, 0.25) is 0 Å². The molecule has 0 saturated carbocycles. The number of halogens is 1. The quantitative estimate of drug-likeness (QED) is 0.164. The smallest absolute Gasteiger partial charge is 0.190 e. The van der Waals surface area contributed by atoms with Gasteiger partial charge in [-0.3, -0.25) is 0 Å². The third-order valence-corrected chi connectivity index (χ3v) is 10.6. The maximum absolute atomic E-state index is 16.7. The van der Waals surface area contributed by atoms with Crippen LogP contribution >= 0.6 is 0 Å². The van der Waals surface area contributed by atoms with Gasteiger partial charge >= 0.3 is 0 Å². The average molecular weight is 705 g/mol. The zero-order valence-electron chi connectivity index (χ0n) is 29.4. The largest absolute Gasteiger partial charge is 0.308 e. The van der Waals surface area contributed by atoms with Crippen LogP contribution in [0.25, 0.3) is 93.2 Å². The van der Waals surface area contributed by atoms with Gasteiger partial charge in [0.25, 0.3) is 0 Å². The van der Waals surface area contributed by atoms with Gasteiger partial charge in [0, 0.05) is 32.7 Å². The Labute approximate surface area is 316 Å².